The molecule has 0 unspecified atom stereocenters. The van der Waals surface area contributed by atoms with Crippen molar-refractivity contribution < 1.29 is 13.6 Å². The van der Waals surface area contributed by atoms with Gasteiger partial charge >= 0.3 is 0 Å². The van der Waals surface area contributed by atoms with Crippen LogP contribution in [0.15, 0.2) is 23.3 Å². The summed E-state index contributed by atoms with van der Waals surface area (Å²) in [6, 6.07) is 0. The topological polar surface area (TPSA) is 35.5 Å². The van der Waals surface area contributed by atoms with Gasteiger partial charge in [0.1, 0.15) is 0 Å². The summed E-state index contributed by atoms with van der Waals surface area (Å²) in [5.41, 5.74) is 3.61. The van der Waals surface area contributed by atoms with Crippen LogP contribution < -0.4 is 0 Å². The van der Waals surface area contributed by atoms with Crippen LogP contribution in [0.2, 0.25) is 36.3 Å². The maximum Gasteiger partial charge on any atom is 0.192 e. The van der Waals surface area contributed by atoms with Crippen molar-refractivity contribution in [2.75, 3.05) is 5.75 Å². The van der Waals surface area contributed by atoms with Gasteiger partial charge in [-0.2, -0.15) is 0 Å². The van der Waals surface area contributed by atoms with Gasteiger partial charge in [0.2, 0.25) is 0 Å². The number of hydrogen-bond donors (Lipinski definition) is 0. The summed E-state index contributed by atoms with van der Waals surface area (Å²) in [5, 5.41) is 0.636. The van der Waals surface area contributed by atoms with Gasteiger partial charge in [-0.1, -0.05) is 90.5 Å². The van der Waals surface area contributed by atoms with E-state index in [-0.39, 0.29) is 32.8 Å². The third kappa shape index (κ3) is 5.71. The highest BCUT2D eigenvalue weighted by Gasteiger charge is 2.60. The van der Waals surface area contributed by atoms with Crippen LogP contribution in [0.4, 0.5) is 0 Å². The largest absolute Gasteiger partial charge is 0.414 e. The number of carbonyl (C=O) groups is 1. The number of allylic oxidation sites excluding steroid dienone is 3. The molecule has 0 aliphatic heterocycles. The Balaban J connectivity index is 1.70. The highest BCUT2D eigenvalue weighted by atomic mass is 32.2. The summed E-state index contributed by atoms with van der Waals surface area (Å²) in [6.45, 7) is 30.7. The Bertz CT molecular complexity index is 1050. The minimum absolute atomic E-state index is 0.0282. The molecule has 7 atom stereocenters. The van der Waals surface area contributed by atoms with E-state index in [0.717, 1.165) is 18.6 Å². The zero-order valence-corrected chi connectivity index (χ0v) is 30.9. The van der Waals surface area contributed by atoms with Crippen molar-refractivity contribution in [1.29, 1.82) is 0 Å². The predicted octanol–water partition coefficient (Wildman–Crippen LogP) is 10.2. The van der Waals surface area contributed by atoms with Crippen LogP contribution in [-0.4, -0.2) is 39.7 Å². The Labute approximate surface area is 253 Å². The minimum Gasteiger partial charge on any atom is -0.414 e. The monoisotopic (exact) mass is 604 g/mol. The van der Waals surface area contributed by atoms with Gasteiger partial charge in [0, 0.05) is 18.1 Å². The molecule has 0 saturated heterocycles. The molecule has 0 aromatic carbocycles. The molecule has 0 amide bonds. The molecule has 4 rings (SSSR count). The fourth-order valence-corrected chi connectivity index (χ4v) is 11.7. The number of carbonyl (C=O) groups excluding carboxylic acids is 1. The third-order valence-corrected chi connectivity index (χ3v) is 22.8. The number of hydrogen-bond acceptors (Lipinski definition) is 4. The molecule has 0 spiro atoms. The van der Waals surface area contributed by atoms with Crippen molar-refractivity contribution in [3.05, 3.63) is 23.3 Å². The second-order valence-corrected chi connectivity index (χ2v) is 27.9. The summed E-state index contributed by atoms with van der Waals surface area (Å²) in [4.78, 5) is 11.8. The Morgan fingerprint density at radius 3 is 2.10 bits per heavy atom. The summed E-state index contributed by atoms with van der Waals surface area (Å²) < 4.78 is 14.6. The van der Waals surface area contributed by atoms with Gasteiger partial charge in [0.25, 0.3) is 0 Å². The fourth-order valence-electron chi connectivity index (χ4n) is 7.99. The predicted molar refractivity (Wildman–Crippen MR) is 178 cm³/mol. The SMILES string of the molecule is CC(=O)SC[C@H]1CC[C@@H]2C3=CC=C4C[C@@H](O[Si](C)(C)C(C)(C)C)C[C@H](O[Si](C)(C)C(C)(C)C)[C@]4(C)[C@H]3CC[C@]12C. The van der Waals surface area contributed by atoms with Gasteiger partial charge in [-0.15, -0.1) is 0 Å². The van der Waals surface area contributed by atoms with Gasteiger partial charge in [-0.25, -0.2) is 0 Å². The zero-order valence-electron chi connectivity index (χ0n) is 28.1. The van der Waals surface area contributed by atoms with E-state index in [1.54, 1.807) is 29.8 Å². The van der Waals surface area contributed by atoms with E-state index in [2.05, 4.69) is 93.7 Å². The van der Waals surface area contributed by atoms with Crippen molar-refractivity contribution in [2.45, 2.75) is 149 Å². The van der Waals surface area contributed by atoms with Gasteiger partial charge in [0.15, 0.2) is 21.8 Å². The molecule has 0 aromatic rings. The lowest BCUT2D eigenvalue weighted by molar-refractivity contribution is -0.109. The molecule has 0 radical (unpaired) electrons. The van der Waals surface area contributed by atoms with Crippen LogP contribution in [0.3, 0.4) is 0 Å². The van der Waals surface area contributed by atoms with Gasteiger partial charge in [0.05, 0.1) is 12.2 Å². The number of fused-ring (bicyclic) bond motifs is 5. The van der Waals surface area contributed by atoms with Crippen molar-refractivity contribution in [2.24, 2.45) is 28.6 Å². The van der Waals surface area contributed by atoms with E-state index >= 15 is 0 Å². The first kappa shape index (κ1) is 32.8. The maximum atomic E-state index is 11.8. The maximum absolute atomic E-state index is 11.8. The molecule has 3 fully saturated rings. The Morgan fingerprint density at radius 2 is 1.52 bits per heavy atom. The molecule has 4 aliphatic rings. The van der Waals surface area contributed by atoms with E-state index in [0.29, 0.717) is 23.2 Å². The molecule has 0 bridgehead atoms. The summed E-state index contributed by atoms with van der Waals surface area (Å²) in [6.07, 6.45) is 12.6. The molecule has 3 nitrogen and oxygen atoms in total. The van der Waals surface area contributed by atoms with Crippen molar-refractivity contribution in [3.63, 3.8) is 0 Å². The fraction of sp³-hybridized carbons (Fsp3) is 0.853. The molecular formula is C34H60O3SSi2. The third-order valence-electron chi connectivity index (χ3n) is 12.8. The second-order valence-electron chi connectivity index (χ2n) is 17.2. The number of thioether (sulfide) groups is 1. The molecule has 6 heteroatoms. The molecule has 228 valence electrons. The van der Waals surface area contributed by atoms with Gasteiger partial charge in [-0.05, 0) is 98.0 Å². The van der Waals surface area contributed by atoms with Crippen molar-refractivity contribution in [3.8, 4) is 0 Å². The summed E-state index contributed by atoms with van der Waals surface area (Å²) >= 11 is 1.55. The molecular weight excluding hydrogens is 545 g/mol. The summed E-state index contributed by atoms with van der Waals surface area (Å²) in [7, 11) is -3.89. The lowest BCUT2D eigenvalue weighted by atomic mass is 9.50. The summed E-state index contributed by atoms with van der Waals surface area (Å²) in [5.74, 6) is 2.81. The van der Waals surface area contributed by atoms with E-state index in [1.807, 2.05) is 0 Å². The van der Waals surface area contributed by atoms with Crippen LogP contribution in [0.1, 0.15) is 101 Å². The Hall–Kier alpha value is -0.146. The molecule has 40 heavy (non-hydrogen) atoms. The quantitative estimate of drug-likeness (QED) is 0.283. The molecule has 0 N–H and O–H groups in total. The molecule has 4 aliphatic carbocycles. The standard InChI is InChI=1S/C34H60O3SSi2/c1-23(35)38-22-25-15-17-28-27-16-14-24-20-26(36-39(10,11)31(2,3)4)21-30(37-40(12,13)32(5,6)7)34(24,9)29(27)18-19-33(25,28)8/h14,16,25-26,28-30H,15,17-22H2,1-13H3/t25-,26-,28-,29+,30+,33-,34+/m1/s1. The normalized spacial score (nSPS) is 36.8. The average Bonchev–Trinajstić information content (AvgIpc) is 3.13. The van der Waals surface area contributed by atoms with Crippen molar-refractivity contribution in [1.82, 2.24) is 0 Å². The zero-order chi connectivity index (χ0) is 30.1. The number of rotatable bonds is 6. The lowest BCUT2D eigenvalue weighted by Crippen LogP contribution is -2.58. The average molecular weight is 605 g/mol. The minimum atomic E-state index is -2.00. The van der Waals surface area contributed by atoms with Crippen LogP contribution in [0.25, 0.3) is 0 Å². The highest BCUT2D eigenvalue weighted by molar-refractivity contribution is 8.13. The van der Waals surface area contributed by atoms with Crippen LogP contribution in [0.5, 0.6) is 0 Å². The molecule has 3 saturated carbocycles. The lowest BCUT2D eigenvalue weighted by Gasteiger charge is -2.59. The molecule has 0 heterocycles. The van der Waals surface area contributed by atoms with Crippen LogP contribution >= 0.6 is 11.8 Å². The van der Waals surface area contributed by atoms with Crippen LogP contribution in [0, 0.1) is 28.6 Å². The van der Waals surface area contributed by atoms with Crippen molar-refractivity contribution >= 4 is 33.5 Å². The second kappa shape index (κ2) is 10.8. The van der Waals surface area contributed by atoms with Crippen LogP contribution in [-0.2, 0) is 13.6 Å². The highest BCUT2D eigenvalue weighted by Crippen LogP contribution is 2.66. The first-order valence-electron chi connectivity index (χ1n) is 16.0. The first-order valence-corrected chi connectivity index (χ1v) is 22.8. The Morgan fingerprint density at radius 1 is 0.925 bits per heavy atom. The van der Waals surface area contributed by atoms with E-state index in [1.165, 1.54) is 25.7 Å². The van der Waals surface area contributed by atoms with E-state index < -0.39 is 16.6 Å². The molecule has 0 aromatic heterocycles. The van der Waals surface area contributed by atoms with E-state index in [4.69, 9.17) is 8.85 Å². The Kier molecular flexibility index (Phi) is 8.83. The smallest absolute Gasteiger partial charge is 0.192 e. The first-order chi connectivity index (χ1) is 18.1. The van der Waals surface area contributed by atoms with E-state index in [9.17, 15) is 4.79 Å². The van der Waals surface area contributed by atoms with Gasteiger partial charge < -0.3 is 8.85 Å². The van der Waals surface area contributed by atoms with Gasteiger partial charge in [-0.3, -0.25) is 4.79 Å².